The highest BCUT2D eigenvalue weighted by atomic mass is 16.4. The van der Waals surface area contributed by atoms with Crippen LogP contribution in [0.3, 0.4) is 0 Å². The molecule has 0 aliphatic rings. The lowest BCUT2D eigenvalue weighted by molar-refractivity contribution is -0.139. The van der Waals surface area contributed by atoms with Gasteiger partial charge in [0.25, 0.3) is 0 Å². The first-order valence-corrected chi connectivity index (χ1v) is 5.82. The van der Waals surface area contributed by atoms with Gasteiger partial charge in [-0.05, 0) is 18.4 Å². The third-order valence-corrected chi connectivity index (χ3v) is 2.16. The van der Waals surface area contributed by atoms with Gasteiger partial charge in [-0.25, -0.2) is 0 Å². The molecule has 0 aliphatic heterocycles. The van der Waals surface area contributed by atoms with E-state index in [1.165, 1.54) is 0 Å². The SMILES string of the molecule is N[C@@H](Cc1ccccc1)C(=O)O.O=C(O)CCCO. The first-order chi connectivity index (χ1) is 8.97. The Balaban J connectivity index is 0.000000399. The zero-order valence-electron chi connectivity index (χ0n) is 10.5. The maximum Gasteiger partial charge on any atom is 0.320 e. The van der Waals surface area contributed by atoms with Gasteiger partial charge in [-0.1, -0.05) is 30.3 Å². The Hall–Kier alpha value is -1.92. The zero-order valence-corrected chi connectivity index (χ0v) is 10.5. The van der Waals surface area contributed by atoms with Gasteiger partial charge >= 0.3 is 11.9 Å². The number of nitrogens with two attached hydrogens (primary N) is 1. The molecule has 6 heteroatoms. The number of carboxylic acids is 2. The largest absolute Gasteiger partial charge is 0.481 e. The molecular formula is C13H19NO5. The van der Waals surface area contributed by atoms with Crippen LogP contribution in [0.2, 0.25) is 0 Å². The van der Waals surface area contributed by atoms with E-state index in [0.29, 0.717) is 12.8 Å². The monoisotopic (exact) mass is 269 g/mol. The predicted molar refractivity (Wildman–Crippen MR) is 69.7 cm³/mol. The Morgan fingerprint density at radius 3 is 2.11 bits per heavy atom. The van der Waals surface area contributed by atoms with E-state index in [9.17, 15) is 9.59 Å². The van der Waals surface area contributed by atoms with Crippen molar-refractivity contribution in [3.8, 4) is 0 Å². The Kier molecular flexibility index (Phi) is 9.03. The quantitative estimate of drug-likeness (QED) is 0.596. The number of aliphatic carboxylic acids is 2. The molecule has 1 aromatic carbocycles. The molecule has 0 spiro atoms. The van der Waals surface area contributed by atoms with E-state index in [4.69, 9.17) is 21.1 Å². The molecule has 19 heavy (non-hydrogen) atoms. The van der Waals surface area contributed by atoms with Crippen molar-refractivity contribution in [3.05, 3.63) is 35.9 Å². The van der Waals surface area contributed by atoms with Gasteiger partial charge in [0.2, 0.25) is 0 Å². The minimum Gasteiger partial charge on any atom is -0.481 e. The van der Waals surface area contributed by atoms with Crippen molar-refractivity contribution in [2.45, 2.75) is 25.3 Å². The molecule has 1 atom stereocenters. The summed E-state index contributed by atoms with van der Waals surface area (Å²) in [6, 6.07) is 8.54. The molecule has 0 heterocycles. The van der Waals surface area contributed by atoms with Crippen LogP contribution in [0.4, 0.5) is 0 Å². The van der Waals surface area contributed by atoms with Crippen LogP contribution in [-0.4, -0.2) is 39.9 Å². The number of rotatable bonds is 6. The summed E-state index contributed by atoms with van der Waals surface area (Å²) in [5, 5.41) is 24.5. The maximum absolute atomic E-state index is 10.4. The fourth-order valence-electron chi connectivity index (χ4n) is 1.19. The molecule has 0 fully saturated rings. The molecule has 1 rings (SSSR count). The molecule has 0 unspecified atom stereocenters. The lowest BCUT2D eigenvalue weighted by Gasteiger charge is -2.04. The van der Waals surface area contributed by atoms with Crippen molar-refractivity contribution in [2.24, 2.45) is 5.73 Å². The predicted octanol–water partition coefficient (Wildman–Crippen LogP) is 0.484. The number of aliphatic hydroxyl groups is 1. The van der Waals surface area contributed by atoms with Crippen LogP contribution < -0.4 is 5.73 Å². The number of aliphatic hydroxyl groups excluding tert-OH is 1. The summed E-state index contributed by atoms with van der Waals surface area (Å²) < 4.78 is 0. The Morgan fingerprint density at radius 2 is 1.74 bits per heavy atom. The molecule has 0 radical (unpaired) electrons. The summed E-state index contributed by atoms with van der Waals surface area (Å²) in [4.78, 5) is 20.0. The average molecular weight is 269 g/mol. The van der Waals surface area contributed by atoms with Gasteiger partial charge in [-0.15, -0.1) is 0 Å². The second kappa shape index (κ2) is 10.0. The van der Waals surface area contributed by atoms with E-state index < -0.39 is 18.0 Å². The summed E-state index contributed by atoms with van der Waals surface area (Å²) >= 11 is 0. The van der Waals surface area contributed by atoms with Crippen molar-refractivity contribution in [2.75, 3.05) is 6.61 Å². The van der Waals surface area contributed by atoms with Gasteiger partial charge in [0.05, 0.1) is 0 Å². The van der Waals surface area contributed by atoms with Gasteiger partial charge in [0.1, 0.15) is 6.04 Å². The van der Waals surface area contributed by atoms with Crippen LogP contribution in [-0.2, 0) is 16.0 Å². The minimum atomic E-state index is -0.959. The van der Waals surface area contributed by atoms with Crippen molar-refractivity contribution in [1.82, 2.24) is 0 Å². The van der Waals surface area contributed by atoms with E-state index in [1.54, 1.807) is 0 Å². The maximum atomic E-state index is 10.4. The van der Waals surface area contributed by atoms with Crippen LogP contribution >= 0.6 is 0 Å². The summed E-state index contributed by atoms with van der Waals surface area (Å²) in [7, 11) is 0. The molecule has 0 amide bonds. The fraction of sp³-hybridized carbons (Fsp3) is 0.385. The Bertz CT molecular complexity index is 380. The second-order valence-electron chi connectivity index (χ2n) is 3.86. The van der Waals surface area contributed by atoms with Crippen LogP contribution in [0.5, 0.6) is 0 Å². The van der Waals surface area contributed by atoms with Gasteiger partial charge in [-0.2, -0.15) is 0 Å². The molecule has 0 aliphatic carbocycles. The Morgan fingerprint density at radius 1 is 1.16 bits per heavy atom. The third-order valence-electron chi connectivity index (χ3n) is 2.16. The standard InChI is InChI=1S/C9H11NO2.C4H8O3/c10-8(9(11)12)6-7-4-2-1-3-5-7;5-3-1-2-4(6)7/h1-5,8H,6,10H2,(H,11,12);5H,1-3H2,(H,6,7)/t8-;/m0./s1. The summed E-state index contributed by atoms with van der Waals surface area (Å²) in [6.07, 6.45) is 0.808. The van der Waals surface area contributed by atoms with E-state index in [1.807, 2.05) is 30.3 Å². The highest BCUT2D eigenvalue weighted by molar-refractivity contribution is 5.73. The normalized spacial score (nSPS) is 11.1. The molecule has 0 saturated carbocycles. The van der Waals surface area contributed by atoms with Gasteiger partial charge in [-0.3, -0.25) is 9.59 Å². The molecule has 6 nitrogen and oxygen atoms in total. The summed E-state index contributed by atoms with van der Waals surface area (Å²) in [6.45, 7) is -0.0354. The number of benzene rings is 1. The second-order valence-corrected chi connectivity index (χ2v) is 3.86. The number of hydrogen-bond donors (Lipinski definition) is 4. The topological polar surface area (TPSA) is 121 Å². The average Bonchev–Trinajstić information content (AvgIpc) is 2.38. The van der Waals surface area contributed by atoms with Gasteiger partial charge in [0.15, 0.2) is 0 Å². The van der Waals surface area contributed by atoms with Crippen molar-refractivity contribution in [1.29, 1.82) is 0 Å². The smallest absolute Gasteiger partial charge is 0.320 e. The van der Waals surface area contributed by atoms with Crippen molar-refractivity contribution < 1.29 is 24.9 Å². The molecule has 0 saturated heterocycles. The van der Waals surface area contributed by atoms with Crippen LogP contribution in [0.15, 0.2) is 30.3 Å². The lowest BCUT2D eigenvalue weighted by Crippen LogP contribution is -2.32. The third kappa shape index (κ3) is 9.75. The first-order valence-electron chi connectivity index (χ1n) is 5.82. The van der Waals surface area contributed by atoms with E-state index >= 15 is 0 Å². The number of carboxylic acid groups (broad SMARTS) is 2. The zero-order chi connectivity index (χ0) is 14.7. The number of carbonyl (C=O) groups is 2. The van der Waals surface area contributed by atoms with Crippen molar-refractivity contribution in [3.63, 3.8) is 0 Å². The Labute approximate surface area is 111 Å². The lowest BCUT2D eigenvalue weighted by atomic mass is 10.1. The number of hydrogen-bond acceptors (Lipinski definition) is 4. The van der Waals surface area contributed by atoms with Gasteiger partial charge in [0, 0.05) is 13.0 Å². The molecular weight excluding hydrogens is 250 g/mol. The molecule has 0 bridgehead atoms. The van der Waals surface area contributed by atoms with Crippen LogP contribution in [0.1, 0.15) is 18.4 Å². The molecule has 5 N–H and O–H groups in total. The van der Waals surface area contributed by atoms with E-state index in [2.05, 4.69) is 0 Å². The van der Waals surface area contributed by atoms with Gasteiger partial charge < -0.3 is 21.1 Å². The molecule has 0 aromatic heterocycles. The van der Waals surface area contributed by atoms with Crippen molar-refractivity contribution >= 4 is 11.9 Å². The van der Waals surface area contributed by atoms with Crippen LogP contribution in [0.25, 0.3) is 0 Å². The minimum absolute atomic E-state index is 0.0354. The highest BCUT2D eigenvalue weighted by Crippen LogP contribution is 2.01. The van der Waals surface area contributed by atoms with E-state index in [-0.39, 0.29) is 13.0 Å². The molecule has 106 valence electrons. The summed E-state index contributed by atoms with van der Waals surface area (Å²) in [5.41, 5.74) is 6.30. The first kappa shape index (κ1) is 17.1. The van der Waals surface area contributed by atoms with Crippen LogP contribution in [0, 0.1) is 0 Å². The summed E-state index contributed by atoms with van der Waals surface area (Å²) in [5.74, 6) is -1.81. The highest BCUT2D eigenvalue weighted by Gasteiger charge is 2.10. The van der Waals surface area contributed by atoms with E-state index in [0.717, 1.165) is 5.56 Å². The molecule has 1 aromatic rings. The fourth-order valence-corrected chi connectivity index (χ4v) is 1.19.